The number of amides is 4. The van der Waals surface area contributed by atoms with Crippen molar-refractivity contribution in [2.75, 3.05) is 6.54 Å². The van der Waals surface area contributed by atoms with Crippen molar-refractivity contribution in [2.24, 2.45) is 0 Å². The average molecular weight is 488 g/mol. The highest BCUT2D eigenvalue weighted by atomic mass is 19.1. The molecule has 0 aromatic heterocycles. The summed E-state index contributed by atoms with van der Waals surface area (Å²) in [4.78, 5) is 42.8. The summed E-state index contributed by atoms with van der Waals surface area (Å²) in [6.45, 7) is 1.67. The fourth-order valence-corrected chi connectivity index (χ4v) is 5.36. The fourth-order valence-electron chi connectivity index (χ4n) is 5.36. The predicted octanol–water partition coefficient (Wildman–Crippen LogP) is 5.11. The molecule has 1 N–H and O–H groups in total. The van der Waals surface area contributed by atoms with Crippen molar-refractivity contribution in [1.29, 1.82) is 0 Å². The summed E-state index contributed by atoms with van der Waals surface area (Å²) in [7, 11) is 0. The third-order valence-corrected chi connectivity index (χ3v) is 7.50. The van der Waals surface area contributed by atoms with E-state index in [1.807, 2.05) is 42.5 Å². The maximum absolute atomic E-state index is 13.6. The number of imide groups is 1. The van der Waals surface area contributed by atoms with E-state index in [9.17, 15) is 18.8 Å². The number of urea groups is 1. The zero-order valence-electron chi connectivity index (χ0n) is 20.4. The number of nitrogens with one attached hydrogen (secondary N) is 1. The topological polar surface area (TPSA) is 69.7 Å². The molecule has 0 spiro atoms. The Kier molecular flexibility index (Phi) is 6.48. The van der Waals surface area contributed by atoms with Gasteiger partial charge in [-0.15, -0.1) is 0 Å². The molecule has 3 aromatic rings. The molecule has 1 aliphatic heterocycles. The van der Waals surface area contributed by atoms with E-state index in [0.29, 0.717) is 12.1 Å². The SMILES string of the molecule is C[C@@]1(c2ccc3ccccc3c2)NC(=O)N(CC(=O)N(Cc2ccc(F)cc2)C2CCCCC2)C1=O. The summed E-state index contributed by atoms with van der Waals surface area (Å²) in [5, 5.41) is 4.82. The second kappa shape index (κ2) is 9.72. The highest BCUT2D eigenvalue weighted by molar-refractivity contribution is 6.09. The van der Waals surface area contributed by atoms with E-state index in [4.69, 9.17) is 0 Å². The van der Waals surface area contributed by atoms with Gasteiger partial charge >= 0.3 is 6.03 Å². The van der Waals surface area contributed by atoms with Crippen molar-refractivity contribution in [3.05, 3.63) is 83.7 Å². The van der Waals surface area contributed by atoms with E-state index in [-0.39, 0.29) is 24.3 Å². The highest BCUT2D eigenvalue weighted by Gasteiger charge is 2.50. The van der Waals surface area contributed by atoms with Gasteiger partial charge in [0.2, 0.25) is 5.91 Å². The third-order valence-electron chi connectivity index (χ3n) is 7.50. The third kappa shape index (κ3) is 4.57. The van der Waals surface area contributed by atoms with Crippen LogP contribution >= 0.6 is 0 Å². The van der Waals surface area contributed by atoms with Gasteiger partial charge < -0.3 is 10.2 Å². The number of rotatable bonds is 6. The fraction of sp³-hybridized carbons (Fsp3) is 0.345. The minimum atomic E-state index is -1.26. The van der Waals surface area contributed by atoms with Crippen LogP contribution in [0.4, 0.5) is 9.18 Å². The lowest BCUT2D eigenvalue weighted by Crippen LogP contribution is -2.48. The van der Waals surface area contributed by atoms with Gasteiger partial charge in [0.05, 0.1) is 0 Å². The minimum absolute atomic E-state index is 0.0314. The number of benzene rings is 3. The summed E-state index contributed by atoms with van der Waals surface area (Å²) >= 11 is 0. The Balaban J connectivity index is 1.37. The Morgan fingerprint density at radius 1 is 1.00 bits per heavy atom. The van der Waals surface area contributed by atoms with Gasteiger partial charge in [-0.2, -0.15) is 0 Å². The highest BCUT2D eigenvalue weighted by Crippen LogP contribution is 2.32. The molecule has 0 unspecified atom stereocenters. The second-order valence-electron chi connectivity index (χ2n) is 9.95. The van der Waals surface area contributed by atoms with Crippen LogP contribution in [0, 0.1) is 5.82 Å². The van der Waals surface area contributed by atoms with Gasteiger partial charge in [0.1, 0.15) is 17.9 Å². The van der Waals surface area contributed by atoms with Crippen molar-refractivity contribution < 1.29 is 18.8 Å². The van der Waals surface area contributed by atoms with E-state index >= 15 is 0 Å². The molecule has 0 bridgehead atoms. The zero-order chi connectivity index (χ0) is 25.3. The smallest absolute Gasteiger partial charge is 0.325 e. The number of halogens is 1. The van der Waals surface area contributed by atoms with Crippen molar-refractivity contribution in [3.8, 4) is 0 Å². The lowest BCUT2D eigenvalue weighted by molar-refractivity contribution is -0.141. The molecule has 5 rings (SSSR count). The van der Waals surface area contributed by atoms with Crippen LogP contribution in [0.25, 0.3) is 10.8 Å². The zero-order valence-corrected chi connectivity index (χ0v) is 20.4. The predicted molar refractivity (Wildman–Crippen MR) is 135 cm³/mol. The van der Waals surface area contributed by atoms with Crippen molar-refractivity contribution in [3.63, 3.8) is 0 Å². The molecule has 1 saturated carbocycles. The van der Waals surface area contributed by atoms with Crippen molar-refractivity contribution in [1.82, 2.24) is 15.1 Å². The number of carbonyl (C=O) groups excluding carboxylic acids is 3. The second-order valence-corrected chi connectivity index (χ2v) is 9.95. The normalized spacial score (nSPS) is 20.6. The first-order chi connectivity index (χ1) is 17.3. The molecule has 1 heterocycles. The van der Waals surface area contributed by atoms with Crippen LogP contribution in [-0.4, -0.2) is 40.2 Å². The number of fused-ring (bicyclic) bond motifs is 1. The number of carbonyl (C=O) groups is 3. The van der Waals surface area contributed by atoms with Gasteiger partial charge in [0.15, 0.2) is 0 Å². The minimum Gasteiger partial charge on any atom is -0.334 e. The monoisotopic (exact) mass is 487 g/mol. The summed E-state index contributed by atoms with van der Waals surface area (Å²) < 4.78 is 13.4. The molecule has 2 aliphatic rings. The Morgan fingerprint density at radius 2 is 1.69 bits per heavy atom. The van der Waals surface area contributed by atoms with Crippen LogP contribution in [0.15, 0.2) is 66.7 Å². The maximum atomic E-state index is 13.6. The molecule has 1 aliphatic carbocycles. The van der Waals surface area contributed by atoms with Gasteiger partial charge in [0, 0.05) is 12.6 Å². The Morgan fingerprint density at radius 3 is 2.42 bits per heavy atom. The van der Waals surface area contributed by atoms with Gasteiger partial charge in [-0.25, -0.2) is 9.18 Å². The van der Waals surface area contributed by atoms with E-state index in [1.54, 1.807) is 24.0 Å². The average Bonchev–Trinajstić information content (AvgIpc) is 3.12. The van der Waals surface area contributed by atoms with E-state index in [1.165, 1.54) is 12.1 Å². The first kappa shape index (κ1) is 24.0. The summed E-state index contributed by atoms with van der Waals surface area (Å²) in [5.41, 5.74) is 0.229. The van der Waals surface area contributed by atoms with E-state index in [2.05, 4.69) is 5.32 Å². The van der Waals surface area contributed by atoms with Gasteiger partial charge in [0.25, 0.3) is 5.91 Å². The van der Waals surface area contributed by atoms with Gasteiger partial charge in [-0.05, 0) is 59.9 Å². The molecule has 1 atom stereocenters. The molecule has 4 amide bonds. The standard InChI is InChI=1S/C29H30FN3O3/c1-29(23-14-13-21-7-5-6-8-22(21)17-23)27(35)33(28(36)31-29)19-26(34)32(25-9-3-2-4-10-25)18-20-11-15-24(30)16-12-20/h5-8,11-17,25H,2-4,9-10,18-19H2,1H3,(H,31,36)/t29-/m0/s1. The van der Waals surface area contributed by atoms with Crippen LogP contribution in [0.5, 0.6) is 0 Å². The lowest BCUT2D eigenvalue weighted by Gasteiger charge is -2.35. The molecule has 6 nitrogen and oxygen atoms in total. The molecule has 1 saturated heterocycles. The molecular weight excluding hydrogens is 457 g/mol. The van der Waals surface area contributed by atoms with Crippen molar-refractivity contribution >= 4 is 28.6 Å². The summed E-state index contributed by atoms with van der Waals surface area (Å²) in [5.74, 6) is -1.06. The van der Waals surface area contributed by atoms with Gasteiger partial charge in [-0.3, -0.25) is 14.5 Å². The van der Waals surface area contributed by atoms with Crippen molar-refractivity contribution in [2.45, 2.75) is 57.2 Å². The molecule has 7 heteroatoms. The largest absolute Gasteiger partial charge is 0.334 e. The van der Waals surface area contributed by atoms with Crippen LogP contribution < -0.4 is 5.32 Å². The Labute approximate surface area is 210 Å². The molecule has 36 heavy (non-hydrogen) atoms. The summed E-state index contributed by atoms with van der Waals surface area (Å²) in [6.07, 6.45) is 4.94. The quantitative estimate of drug-likeness (QED) is 0.492. The van der Waals surface area contributed by atoms with Crippen LogP contribution in [0.2, 0.25) is 0 Å². The maximum Gasteiger partial charge on any atom is 0.325 e. The Hall–Kier alpha value is -3.74. The molecule has 186 valence electrons. The first-order valence-corrected chi connectivity index (χ1v) is 12.5. The number of nitrogens with zero attached hydrogens (tertiary/aromatic N) is 2. The van der Waals surface area contributed by atoms with Gasteiger partial charge in [-0.1, -0.05) is 67.8 Å². The summed E-state index contributed by atoms with van der Waals surface area (Å²) in [6, 6.07) is 19.1. The molecule has 2 fully saturated rings. The van der Waals surface area contributed by atoms with Crippen LogP contribution in [0.3, 0.4) is 0 Å². The Bertz CT molecular complexity index is 1300. The van der Waals surface area contributed by atoms with E-state index in [0.717, 1.165) is 53.3 Å². The van der Waals surface area contributed by atoms with E-state index < -0.39 is 17.5 Å². The number of hydrogen-bond donors (Lipinski definition) is 1. The molecular formula is C29H30FN3O3. The molecule has 3 aromatic carbocycles. The van der Waals surface area contributed by atoms with Crippen LogP contribution in [0.1, 0.15) is 50.2 Å². The van der Waals surface area contributed by atoms with Crippen LogP contribution in [-0.2, 0) is 21.7 Å². The molecule has 0 radical (unpaired) electrons. The lowest BCUT2D eigenvalue weighted by atomic mass is 9.90. The number of hydrogen-bond acceptors (Lipinski definition) is 3. The first-order valence-electron chi connectivity index (χ1n) is 12.5.